The van der Waals surface area contributed by atoms with E-state index in [1.807, 2.05) is 0 Å². The van der Waals surface area contributed by atoms with Crippen LogP contribution in [-0.2, 0) is 23.7 Å². The Morgan fingerprint density at radius 2 is 1.30 bits per heavy atom. The highest BCUT2D eigenvalue weighted by Crippen LogP contribution is 2.45. The number of hydrogen-bond acceptors (Lipinski definition) is 18. The van der Waals surface area contributed by atoms with Gasteiger partial charge in [0.2, 0.25) is 0 Å². The Labute approximate surface area is 248 Å². The summed E-state index contributed by atoms with van der Waals surface area (Å²) < 4.78 is 28.4. The van der Waals surface area contributed by atoms with E-state index >= 15 is 0 Å². The molecular weight excluding hydrogens is 582 g/mol. The van der Waals surface area contributed by atoms with E-state index in [4.69, 9.17) is 40.9 Å². The summed E-state index contributed by atoms with van der Waals surface area (Å²) in [6, 6.07) is -4.39. The van der Waals surface area contributed by atoms with E-state index < -0.39 is 123 Å². The lowest BCUT2D eigenvalue weighted by Crippen LogP contribution is -2.82. The Kier molecular flexibility index (Phi) is 12.6. The van der Waals surface area contributed by atoms with E-state index in [0.29, 0.717) is 6.42 Å². The van der Waals surface area contributed by atoms with Crippen LogP contribution in [0.15, 0.2) is 0 Å². The van der Waals surface area contributed by atoms with Gasteiger partial charge >= 0.3 is 0 Å². The first-order valence-electron chi connectivity index (χ1n) is 14.4. The van der Waals surface area contributed by atoms with Gasteiger partial charge in [-0.25, -0.2) is 0 Å². The van der Waals surface area contributed by atoms with Crippen LogP contribution in [0, 0.1) is 0 Å². The minimum atomic E-state index is -2.65. The first-order valence-corrected chi connectivity index (χ1v) is 14.4. The van der Waals surface area contributed by atoms with E-state index in [9.17, 15) is 51.1 Å². The maximum absolute atomic E-state index is 11.6. The highest BCUT2D eigenvalue weighted by atomic mass is 16.7. The Bertz CT molecular complexity index is 878. The summed E-state index contributed by atoms with van der Waals surface area (Å²) in [6.45, 7) is 0.631. The number of rotatable bonds is 12. The zero-order valence-electron chi connectivity index (χ0n) is 24.1. The predicted molar refractivity (Wildman–Crippen MR) is 142 cm³/mol. The average molecular weight is 632 g/mol. The molecule has 3 rings (SSSR count). The van der Waals surface area contributed by atoms with E-state index in [0.717, 1.165) is 0 Å². The molecule has 0 aliphatic carbocycles. The summed E-state index contributed by atoms with van der Waals surface area (Å²) >= 11 is 0. The normalized spacial score (nSPS) is 49.0. The molecule has 0 bridgehead atoms. The molecule has 3 aliphatic rings. The van der Waals surface area contributed by atoms with Gasteiger partial charge in [-0.05, 0) is 12.8 Å². The van der Waals surface area contributed by atoms with Crippen LogP contribution < -0.4 is 17.2 Å². The van der Waals surface area contributed by atoms with Crippen LogP contribution >= 0.6 is 0 Å². The SMILES string of the molecule is CCCC(O)[C@@]1(CO)O[C@H](OC2[C@@H](CO)O[C@@H](OC3[C@@H](CO)O[C@@H](O)[C@H](N)[C@H]3O)[C@H](N)[C@H]2O)[C@H](N)[C@@H](O)[C@@]1(O)C(O)CC. The highest BCUT2D eigenvalue weighted by Gasteiger charge is 2.69. The molecule has 3 saturated heterocycles. The van der Waals surface area contributed by atoms with E-state index in [1.165, 1.54) is 6.92 Å². The Hall–Kier alpha value is -0.720. The zero-order chi connectivity index (χ0) is 32.4. The summed E-state index contributed by atoms with van der Waals surface area (Å²) in [7, 11) is 0. The van der Waals surface area contributed by atoms with Crippen molar-refractivity contribution < 1.29 is 74.7 Å². The number of ether oxygens (including phenoxy) is 5. The van der Waals surface area contributed by atoms with Gasteiger partial charge in [0.15, 0.2) is 30.1 Å². The lowest BCUT2D eigenvalue weighted by molar-refractivity contribution is -0.399. The van der Waals surface area contributed by atoms with E-state index in [1.54, 1.807) is 6.92 Å². The first kappa shape index (κ1) is 36.7. The molecule has 43 heavy (non-hydrogen) atoms. The van der Waals surface area contributed by atoms with Crippen molar-refractivity contribution in [3.63, 3.8) is 0 Å². The first-order chi connectivity index (χ1) is 20.2. The molecule has 3 heterocycles. The van der Waals surface area contributed by atoms with Crippen LogP contribution in [0.2, 0.25) is 0 Å². The van der Waals surface area contributed by atoms with Crippen molar-refractivity contribution >= 4 is 0 Å². The van der Waals surface area contributed by atoms with Gasteiger partial charge in [-0.2, -0.15) is 0 Å². The predicted octanol–water partition coefficient (Wildman–Crippen LogP) is -7.00. The summed E-state index contributed by atoms with van der Waals surface area (Å²) in [5.74, 6) is 0. The molecule has 0 spiro atoms. The second kappa shape index (κ2) is 14.8. The molecule has 0 radical (unpaired) electrons. The second-order valence-corrected chi connectivity index (χ2v) is 11.4. The minimum absolute atomic E-state index is 0.0292. The van der Waals surface area contributed by atoms with Gasteiger partial charge in [-0.15, -0.1) is 0 Å². The fourth-order valence-electron chi connectivity index (χ4n) is 6.06. The fourth-order valence-corrected chi connectivity index (χ4v) is 6.06. The van der Waals surface area contributed by atoms with Gasteiger partial charge < -0.3 is 92.0 Å². The largest absolute Gasteiger partial charge is 0.394 e. The molecule has 0 aromatic rings. The van der Waals surface area contributed by atoms with Crippen LogP contribution in [0.3, 0.4) is 0 Å². The van der Waals surface area contributed by atoms with Crippen molar-refractivity contribution in [2.24, 2.45) is 17.2 Å². The Morgan fingerprint density at radius 3 is 1.81 bits per heavy atom. The smallest absolute Gasteiger partial charge is 0.176 e. The lowest BCUT2D eigenvalue weighted by Gasteiger charge is -2.59. The van der Waals surface area contributed by atoms with E-state index in [2.05, 4.69) is 0 Å². The average Bonchev–Trinajstić information content (AvgIpc) is 3.00. The Morgan fingerprint density at radius 1 is 0.767 bits per heavy atom. The summed E-state index contributed by atoms with van der Waals surface area (Å²) in [6.07, 6.45) is -18.9. The molecule has 0 aromatic carbocycles. The van der Waals surface area contributed by atoms with Gasteiger partial charge in [-0.3, -0.25) is 0 Å². The van der Waals surface area contributed by atoms with Gasteiger partial charge in [0, 0.05) is 0 Å². The van der Waals surface area contributed by atoms with Crippen LogP contribution in [-0.4, -0.2) is 174 Å². The van der Waals surface area contributed by atoms with Crippen molar-refractivity contribution in [3.8, 4) is 0 Å². The number of hydrogen-bond donors (Lipinski definition) is 13. The molecule has 17 atom stereocenters. The highest BCUT2D eigenvalue weighted by molar-refractivity contribution is 5.18. The summed E-state index contributed by atoms with van der Waals surface area (Å²) in [4.78, 5) is 0. The van der Waals surface area contributed by atoms with Crippen molar-refractivity contribution in [2.45, 2.75) is 136 Å². The molecule has 254 valence electrons. The molecule has 3 fully saturated rings. The maximum atomic E-state index is 11.6. The van der Waals surface area contributed by atoms with Crippen molar-refractivity contribution in [3.05, 3.63) is 0 Å². The summed E-state index contributed by atoms with van der Waals surface area (Å²) in [5, 5.41) is 106. The van der Waals surface area contributed by atoms with Crippen LogP contribution in [0.1, 0.15) is 33.1 Å². The fraction of sp³-hybridized carbons (Fsp3) is 1.00. The van der Waals surface area contributed by atoms with Gasteiger partial charge in [0.05, 0.1) is 50.2 Å². The van der Waals surface area contributed by atoms with Crippen LogP contribution in [0.25, 0.3) is 0 Å². The van der Waals surface area contributed by atoms with Crippen molar-refractivity contribution in [1.29, 1.82) is 0 Å². The third-order valence-electron chi connectivity index (χ3n) is 8.77. The maximum Gasteiger partial charge on any atom is 0.176 e. The molecule has 0 saturated carbocycles. The van der Waals surface area contributed by atoms with Crippen molar-refractivity contribution in [1.82, 2.24) is 0 Å². The van der Waals surface area contributed by atoms with E-state index in [-0.39, 0.29) is 12.8 Å². The quantitative estimate of drug-likeness (QED) is 0.0951. The van der Waals surface area contributed by atoms with Gasteiger partial charge in [-0.1, -0.05) is 20.3 Å². The number of aliphatic hydroxyl groups is 10. The Balaban J connectivity index is 1.87. The third kappa shape index (κ3) is 6.46. The standard InChI is InChI=1S/C25H49N3O15/c1-3-5-12(33)24(8-31)25(38,11(32)4-2)20(36)15(28)23(43-24)42-19-10(7-30)40-22(14(27)17(19)35)41-18-9(6-29)39-21(37)13(26)16(18)34/h9-23,29-38H,3-8,26-28H2,1-2H3/t9-,10-,11?,12?,13-,14-,15-,16-,17-,18?,19?,20-,21-,22+,23+,24-,25+/m1/s1. The zero-order valence-corrected chi connectivity index (χ0v) is 24.1. The van der Waals surface area contributed by atoms with Crippen LogP contribution in [0.4, 0.5) is 0 Å². The van der Waals surface area contributed by atoms with Gasteiger partial charge in [0.25, 0.3) is 0 Å². The molecule has 18 nitrogen and oxygen atoms in total. The molecule has 4 unspecified atom stereocenters. The number of aliphatic hydroxyl groups excluding tert-OH is 9. The second-order valence-electron chi connectivity index (χ2n) is 11.4. The van der Waals surface area contributed by atoms with Crippen LogP contribution in [0.5, 0.6) is 0 Å². The van der Waals surface area contributed by atoms with Gasteiger partial charge in [0.1, 0.15) is 42.7 Å². The third-order valence-corrected chi connectivity index (χ3v) is 8.77. The molecule has 18 heteroatoms. The minimum Gasteiger partial charge on any atom is -0.394 e. The van der Waals surface area contributed by atoms with Crippen molar-refractivity contribution in [2.75, 3.05) is 19.8 Å². The molecule has 3 aliphatic heterocycles. The monoisotopic (exact) mass is 631 g/mol. The molecule has 0 amide bonds. The number of nitrogens with two attached hydrogens (primary N) is 3. The molecular formula is C25H49N3O15. The summed E-state index contributed by atoms with van der Waals surface area (Å²) in [5.41, 5.74) is 13.0. The lowest BCUT2D eigenvalue weighted by atomic mass is 9.66. The molecule has 0 aromatic heterocycles. The molecule has 16 N–H and O–H groups in total. The topological polar surface area (TPSA) is 327 Å².